The summed E-state index contributed by atoms with van der Waals surface area (Å²) in [4.78, 5) is 0. The van der Waals surface area contributed by atoms with Crippen LogP contribution in [-0.2, 0) is 33.5 Å². The first kappa shape index (κ1) is 36.7. The van der Waals surface area contributed by atoms with Gasteiger partial charge in [-0.25, -0.2) is 5.11 Å². The Morgan fingerprint density at radius 2 is 1.27 bits per heavy atom. The Kier molecular flexibility index (Phi) is 20.4. The quantitative estimate of drug-likeness (QED) is 0.0892. The van der Waals surface area contributed by atoms with Crippen molar-refractivity contribution in [2.24, 2.45) is 11.8 Å². The highest BCUT2D eigenvalue weighted by Gasteiger charge is 2.43. The van der Waals surface area contributed by atoms with E-state index >= 15 is 0 Å². The molecule has 3 atom stereocenters. The van der Waals surface area contributed by atoms with Gasteiger partial charge < -0.3 is 28.4 Å². The summed E-state index contributed by atoms with van der Waals surface area (Å²) in [5.41, 5.74) is -0.778. The highest BCUT2D eigenvalue weighted by molar-refractivity contribution is 4.78. The molecule has 7 nitrogen and oxygen atoms in total. The molecule has 0 amide bonds. The molecule has 0 N–H and O–H groups in total. The number of hydrogen-bond donors (Lipinski definition) is 0. The molecule has 0 rings (SSSR count). The van der Waals surface area contributed by atoms with Gasteiger partial charge >= 0.3 is 0 Å². The van der Waals surface area contributed by atoms with Crippen molar-refractivity contribution >= 4 is 0 Å². The van der Waals surface area contributed by atoms with Crippen molar-refractivity contribution in [2.45, 2.75) is 151 Å². The molecule has 0 aliphatic heterocycles. The van der Waals surface area contributed by atoms with Gasteiger partial charge in [0.15, 0.2) is 6.29 Å². The molecule has 3 unspecified atom stereocenters. The topological polar surface area (TPSA) is 75.3 Å². The van der Waals surface area contributed by atoms with Crippen molar-refractivity contribution in [2.75, 3.05) is 33.0 Å². The molecule has 0 aliphatic rings. The van der Waals surface area contributed by atoms with Gasteiger partial charge in [0.05, 0.1) is 37.4 Å². The van der Waals surface area contributed by atoms with E-state index in [1.165, 1.54) is 0 Å². The van der Waals surface area contributed by atoms with E-state index in [1.54, 1.807) is 0 Å². The van der Waals surface area contributed by atoms with Crippen LogP contribution in [0.2, 0.25) is 0 Å². The molecule has 0 aromatic rings. The maximum Gasteiger partial charge on any atom is 0.285 e. The van der Waals surface area contributed by atoms with Gasteiger partial charge in [0.1, 0.15) is 0 Å². The molecule has 0 heterocycles. The predicted molar refractivity (Wildman–Crippen MR) is 149 cm³/mol. The van der Waals surface area contributed by atoms with Crippen molar-refractivity contribution in [1.29, 1.82) is 0 Å². The predicted octanol–water partition coefficient (Wildman–Crippen LogP) is 7.52. The SMILES string of the molecule is CCC(C)OC(CC(C)(C)OC([O])CC(C)C)(OCCCCCOCC(C)C)OCCCCOC(C)C. The second-order valence-electron chi connectivity index (χ2n) is 12.0. The standard InChI is InChI=1S/C30H61O7/c1-11-27(8)36-30(35-20-16-15-18-33-26(6)7,23-29(9,10)37-28(31)21-24(2)3)34-19-14-12-13-17-32-22-25(4)5/h24-28H,11-23H2,1-10H3. The Hall–Kier alpha value is -0.280. The minimum atomic E-state index is -1.27. The van der Waals surface area contributed by atoms with Gasteiger partial charge in [0.2, 0.25) is 0 Å². The van der Waals surface area contributed by atoms with E-state index < -0.39 is 17.9 Å². The molecule has 0 saturated heterocycles. The molecule has 1 radical (unpaired) electrons. The van der Waals surface area contributed by atoms with E-state index in [0.29, 0.717) is 38.6 Å². The van der Waals surface area contributed by atoms with E-state index in [0.717, 1.165) is 51.7 Å². The third kappa shape index (κ3) is 21.2. The van der Waals surface area contributed by atoms with Crippen LogP contribution in [0.3, 0.4) is 0 Å². The molecular formula is C30H61O7. The van der Waals surface area contributed by atoms with Crippen molar-refractivity contribution in [1.82, 2.24) is 0 Å². The lowest BCUT2D eigenvalue weighted by Crippen LogP contribution is -2.49. The van der Waals surface area contributed by atoms with E-state index in [-0.39, 0.29) is 18.1 Å². The third-order valence-corrected chi connectivity index (χ3v) is 5.73. The number of unbranched alkanes of at least 4 members (excludes halogenated alkanes) is 3. The van der Waals surface area contributed by atoms with Crippen LogP contribution < -0.4 is 0 Å². The fraction of sp³-hybridized carbons (Fsp3) is 1.00. The molecule has 0 spiro atoms. The van der Waals surface area contributed by atoms with Gasteiger partial charge in [-0.15, -0.1) is 0 Å². The molecule has 0 fully saturated rings. The summed E-state index contributed by atoms with van der Waals surface area (Å²) >= 11 is 0. The van der Waals surface area contributed by atoms with E-state index in [4.69, 9.17) is 28.4 Å². The molecule has 223 valence electrons. The van der Waals surface area contributed by atoms with E-state index in [1.807, 2.05) is 48.5 Å². The fourth-order valence-electron chi connectivity index (χ4n) is 3.78. The van der Waals surface area contributed by atoms with Gasteiger partial charge in [-0.3, -0.25) is 0 Å². The number of ether oxygens (including phenoxy) is 6. The third-order valence-electron chi connectivity index (χ3n) is 5.73. The highest BCUT2D eigenvalue weighted by Crippen LogP contribution is 2.33. The lowest BCUT2D eigenvalue weighted by Gasteiger charge is -2.41. The molecule has 37 heavy (non-hydrogen) atoms. The first-order valence-corrected chi connectivity index (χ1v) is 14.8. The average Bonchev–Trinajstić information content (AvgIpc) is 2.76. The largest absolute Gasteiger partial charge is 0.381 e. The smallest absolute Gasteiger partial charge is 0.285 e. The Bertz CT molecular complexity index is 524. The molecule has 7 heteroatoms. The maximum absolute atomic E-state index is 12.6. The van der Waals surface area contributed by atoms with Crippen molar-refractivity contribution in [3.05, 3.63) is 0 Å². The van der Waals surface area contributed by atoms with Crippen molar-refractivity contribution < 1.29 is 33.5 Å². The second-order valence-corrected chi connectivity index (χ2v) is 12.0. The summed E-state index contributed by atoms with van der Waals surface area (Å²) in [7, 11) is 0. The minimum absolute atomic E-state index is 0.0665. The average molecular weight is 534 g/mol. The normalized spacial score (nSPS) is 16.1. The van der Waals surface area contributed by atoms with Crippen LogP contribution in [0.5, 0.6) is 0 Å². The monoisotopic (exact) mass is 533 g/mol. The van der Waals surface area contributed by atoms with Crippen LogP contribution in [0.4, 0.5) is 0 Å². The van der Waals surface area contributed by atoms with Gasteiger partial charge in [0.25, 0.3) is 5.97 Å². The van der Waals surface area contributed by atoms with Crippen LogP contribution in [0.25, 0.3) is 0 Å². The zero-order valence-corrected chi connectivity index (χ0v) is 25.9. The molecule has 0 bridgehead atoms. The fourth-order valence-corrected chi connectivity index (χ4v) is 3.78. The van der Waals surface area contributed by atoms with Crippen LogP contribution in [0.1, 0.15) is 121 Å². The zero-order valence-electron chi connectivity index (χ0n) is 25.9. The summed E-state index contributed by atoms with van der Waals surface area (Å²) in [5, 5.41) is 12.6. The summed E-state index contributed by atoms with van der Waals surface area (Å²) in [6.45, 7) is 23.6. The Morgan fingerprint density at radius 3 is 1.81 bits per heavy atom. The van der Waals surface area contributed by atoms with Gasteiger partial charge in [-0.2, -0.15) is 0 Å². The molecule has 0 aromatic heterocycles. The summed E-state index contributed by atoms with van der Waals surface area (Å²) in [6, 6.07) is 0. The zero-order chi connectivity index (χ0) is 28.3. The summed E-state index contributed by atoms with van der Waals surface area (Å²) in [6.07, 6.45) is 5.23. The maximum atomic E-state index is 12.6. The molecule has 0 saturated carbocycles. The lowest BCUT2D eigenvalue weighted by molar-refractivity contribution is -0.409. The molecule has 0 aromatic carbocycles. The molecule has 0 aliphatic carbocycles. The highest BCUT2D eigenvalue weighted by atomic mass is 16.9. The van der Waals surface area contributed by atoms with E-state index in [9.17, 15) is 5.11 Å². The lowest BCUT2D eigenvalue weighted by atomic mass is 10.0. The Morgan fingerprint density at radius 1 is 0.703 bits per heavy atom. The number of hydrogen-bond acceptors (Lipinski definition) is 6. The summed E-state index contributed by atoms with van der Waals surface area (Å²) < 4.78 is 36.5. The van der Waals surface area contributed by atoms with Crippen molar-refractivity contribution in [3.8, 4) is 0 Å². The van der Waals surface area contributed by atoms with Gasteiger partial charge in [0, 0.05) is 26.2 Å². The minimum Gasteiger partial charge on any atom is -0.381 e. The van der Waals surface area contributed by atoms with E-state index in [2.05, 4.69) is 20.8 Å². The molecular weight excluding hydrogens is 472 g/mol. The number of rotatable bonds is 25. The van der Waals surface area contributed by atoms with Crippen LogP contribution in [0.15, 0.2) is 0 Å². The van der Waals surface area contributed by atoms with Gasteiger partial charge in [-0.05, 0) is 85.0 Å². The summed E-state index contributed by atoms with van der Waals surface area (Å²) in [5.74, 6) is -0.455. The van der Waals surface area contributed by atoms with Crippen LogP contribution in [-0.4, -0.2) is 63.1 Å². The van der Waals surface area contributed by atoms with Crippen LogP contribution in [0, 0.1) is 11.8 Å². The van der Waals surface area contributed by atoms with Crippen molar-refractivity contribution in [3.63, 3.8) is 0 Å². The van der Waals surface area contributed by atoms with Gasteiger partial charge in [-0.1, -0.05) is 34.6 Å². The Labute approximate surface area is 229 Å². The van der Waals surface area contributed by atoms with Crippen LogP contribution >= 0.6 is 0 Å². The second kappa shape index (κ2) is 20.6. The Balaban J connectivity index is 5.24. The first-order valence-electron chi connectivity index (χ1n) is 14.8. The first-order chi connectivity index (χ1) is 17.3.